The third-order valence-corrected chi connectivity index (χ3v) is 5.14. The van der Waals surface area contributed by atoms with Gasteiger partial charge in [0.25, 0.3) is 0 Å². The van der Waals surface area contributed by atoms with Crippen LogP contribution in [0.15, 0.2) is 53.5 Å². The molecule has 2 aromatic rings. The zero-order valence-corrected chi connectivity index (χ0v) is 15.3. The van der Waals surface area contributed by atoms with Gasteiger partial charge in [0, 0.05) is 0 Å². The molecule has 1 saturated heterocycles. The van der Waals surface area contributed by atoms with E-state index in [2.05, 4.69) is 4.99 Å². The Hall–Kier alpha value is -2.87. The topological polar surface area (TPSA) is 79.2 Å². The minimum atomic E-state index is -1.07. The van der Waals surface area contributed by atoms with Gasteiger partial charge in [-0.25, -0.2) is 9.38 Å². The number of benzene rings is 2. The summed E-state index contributed by atoms with van der Waals surface area (Å²) in [6.07, 6.45) is -0.113. The number of amides is 1. The van der Waals surface area contributed by atoms with E-state index in [9.17, 15) is 19.1 Å². The molecule has 8 heteroatoms. The van der Waals surface area contributed by atoms with Gasteiger partial charge in [-0.1, -0.05) is 23.9 Å². The van der Waals surface area contributed by atoms with E-state index in [4.69, 9.17) is 4.74 Å². The summed E-state index contributed by atoms with van der Waals surface area (Å²) in [5.41, 5.74) is 1.29. The number of hydrogen-bond acceptors (Lipinski definition) is 5. The molecule has 1 aliphatic rings. The van der Waals surface area contributed by atoms with Gasteiger partial charge in [0.15, 0.2) is 5.17 Å². The Kier molecular flexibility index (Phi) is 5.75. The molecule has 1 unspecified atom stereocenters. The van der Waals surface area contributed by atoms with Gasteiger partial charge in [-0.3, -0.25) is 14.5 Å². The van der Waals surface area contributed by atoms with Gasteiger partial charge < -0.3 is 9.84 Å². The highest BCUT2D eigenvalue weighted by Crippen LogP contribution is 2.30. The van der Waals surface area contributed by atoms with Gasteiger partial charge >= 0.3 is 5.97 Å². The van der Waals surface area contributed by atoms with Crippen LogP contribution < -0.4 is 4.74 Å². The fourth-order valence-corrected chi connectivity index (χ4v) is 3.56. The van der Waals surface area contributed by atoms with Crippen LogP contribution in [0, 0.1) is 5.82 Å². The lowest BCUT2D eigenvalue weighted by molar-refractivity contribution is -0.139. The lowest BCUT2D eigenvalue weighted by Crippen LogP contribution is -2.43. The number of ether oxygens (including phenoxy) is 1. The number of hydrogen-bond donors (Lipinski definition) is 1. The highest BCUT2D eigenvalue weighted by Gasteiger charge is 2.35. The summed E-state index contributed by atoms with van der Waals surface area (Å²) >= 11 is 1.01. The van der Waals surface area contributed by atoms with E-state index in [1.165, 1.54) is 29.2 Å². The van der Waals surface area contributed by atoms with E-state index in [-0.39, 0.29) is 24.0 Å². The van der Waals surface area contributed by atoms with Crippen molar-refractivity contribution in [2.24, 2.45) is 4.99 Å². The first-order valence-electron chi connectivity index (χ1n) is 8.13. The molecule has 6 nitrogen and oxygen atoms in total. The van der Waals surface area contributed by atoms with Gasteiger partial charge in [-0.15, -0.1) is 0 Å². The van der Waals surface area contributed by atoms with Crippen molar-refractivity contribution in [3.8, 4) is 5.75 Å². The van der Waals surface area contributed by atoms with E-state index >= 15 is 0 Å². The Morgan fingerprint density at radius 3 is 2.52 bits per heavy atom. The Labute approximate surface area is 159 Å². The first-order valence-corrected chi connectivity index (χ1v) is 9.01. The van der Waals surface area contributed by atoms with Crippen molar-refractivity contribution >= 4 is 34.5 Å². The van der Waals surface area contributed by atoms with Crippen LogP contribution in [0.25, 0.3) is 0 Å². The lowest BCUT2D eigenvalue weighted by atomic mass is 10.2. The van der Waals surface area contributed by atoms with E-state index in [1.807, 2.05) is 12.1 Å². The number of amidine groups is 1. The van der Waals surface area contributed by atoms with Crippen molar-refractivity contribution in [2.45, 2.75) is 18.2 Å². The molecule has 0 saturated carbocycles. The Morgan fingerprint density at radius 2 is 1.93 bits per heavy atom. The second kappa shape index (κ2) is 8.22. The molecular weight excluding hydrogens is 371 g/mol. The number of carbonyl (C=O) groups is 2. The summed E-state index contributed by atoms with van der Waals surface area (Å²) in [7, 11) is 1.57. The third-order valence-electron chi connectivity index (χ3n) is 3.97. The van der Waals surface area contributed by atoms with Crippen LogP contribution >= 0.6 is 11.8 Å². The minimum absolute atomic E-state index is 0.113. The van der Waals surface area contributed by atoms with Crippen molar-refractivity contribution in [3.63, 3.8) is 0 Å². The normalized spacial score (nSPS) is 18.6. The smallest absolute Gasteiger partial charge is 0.317 e. The molecule has 3 rings (SSSR count). The highest BCUT2D eigenvalue weighted by molar-refractivity contribution is 8.15. The van der Waals surface area contributed by atoms with E-state index in [1.54, 1.807) is 19.2 Å². The van der Waals surface area contributed by atoms with Crippen LogP contribution in [-0.2, 0) is 16.1 Å². The average molecular weight is 388 g/mol. The quantitative estimate of drug-likeness (QED) is 0.849. The van der Waals surface area contributed by atoms with Crippen LogP contribution in [0.2, 0.25) is 0 Å². The SMILES string of the molecule is COc1ccc(CN2C(=O)CC(C(=O)O)SC2=Nc2ccc(F)cc2)cc1. The lowest BCUT2D eigenvalue weighted by Gasteiger charge is -2.30. The van der Waals surface area contributed by atoms with E-state index in [0.717, 1.165) is 17.3 Å². The monoisotopic (exact) mass is 388 g/mol. The Morgan fingerprint density at radius 1 is 1.26 bits per heavy atom. The number of aliphatic imine (C=N–C) groups is 1. The molecule has 1 atom stereocenters. The molecule has 0 spiro atoms. The van der Waals surface area contributed by atoms with Crippen LogP contribution in [0.5, 0.6) is 5.75 Å². The van der Waals surface area contributed by atoms with Gasteiger partial charge in [0.1, 0.15) is 16.8 Å². The molecule has 1 heterocycles. The van der Waals surface area contributed by atoms with E-state index < -0.39 is 17.0 Å². The fraction of sp³-hybridized carbons (Fsp3) is 0.211. The molecule has 0 bridgehead atoms. The Balaban J connectivity index is 1.90. The van der Waals surface area contributed by atoms with Gasteiger partial charge in [-0.2, -0.15) is 0 Å². The maximum Gasteiger partial charge on any atom is 0.317 e. The largest absolute Gasteiger partial charge is 0.497 e. The fourth-order valence-electron chi connectivity index (χ4n) is 2.53. The maximum absolute atomic E-state index is 13.1. The molecule has 1 aliphatic heterocycles. The summed E-state index contributed by atoms with van der Waals surface area (Å²) in [5.74, 6) is -1.09. The van der Waals surface area contributed by atoms with Gasteiger partial charge in [-0.05, 0) is 42.0 Å². The van der Waals surface area contributed by atoms with Crippen LogP contribution in [0.1, 0.15) is 12.0 Å². The van der Waals surface area contributed by atoms with E-state index in [0.29, 0.717) is 11.4 Å². The summed E-state index contributed by atoms with van der Waals surface area (Å²) in [4.78, 5) is 29.8. The number of methoxy groups -OCH3 is 1. The standard InChI is InChI=1S/C19H17FN2O4S/c1-26-15-8-2-12(3-9-15)11-22-17(23)10-16(18(24)25)27-19(22)21-14-6-4-13(20)5-7-14/h2-9,16H,10-11H2,1H3,(H,24,25). The summed E-state index contributed by atoms with van der Waals surface area (Å²) in [6, 6.07) is 12.7. The van der Waals surface area contributed by atoms with Gasteiger partial charge in [0.05, 0.1) is 25.8 Å². The first kappa shape index (κ1) is 18.9. The van der Waals surface area contributed by atoms with Crippen molar-refractivity contribution in [1.82, 2.24) is 4.90 Å². The number of nitrogens with zero attached hydrogens (tertiary/aromatic N) is 2. The predicted octanol–water partition coefficient (Wildman–Crippen LogP) is 3.44. The van der Waals surface area contributed by atoms with Crippen molar-refractivity contribution in [2.75, 3.05) is 7.11 Å². The second-order valence-corrected chi connectivity index (χ2v) is 7.02. The minimum Gasteiger partial charge on any atom is -0.497 e. The number of carboxylic acids is 1. The molecule has 1 amide bonds. The summed E-state index contributed by atoms with van der Waals surface area (Å²) in [6.45, 7) is 0.252. The number of thioether (sulfide) groups is 1. The Bertz CT molecular complexity index is 868. The van der Waals surface area contributed by atoms with Crippen LogP contribution in [0.4, 0.5) is 10.1 Å². The number of halogens is 1. The molecule has 0 aliphatic carbocycles. The third kappa shape index (κ3) is 4.65. The van der Waals surface area contributed by atoms with Crippen LogP contribution in [0.3, 0.4) is 0 Å². The molecule has 2 aromatic carbocycles. The van der Waals surface area contributed by atoms with Gasteiger partial charge in [0.2, 0.25) is 5.91 Å². The molecule has 140 valence electrons. The second-order valence-electron chi connectivity index (χ2n) is 5.85. The van der Waals surface area contributed by atoms with Crippen molar-refractivity contribution in [1.29, 1.82) is 0 Å². The molecular formula is C19H17FN2O4S. The number of carboxylic acid groups (broad SMARTS) is 1. The average Bonchev–Trinajstić information content (AvgIpc) is 2.66. The summed E-state index contributed by atoms with van der Waals surface area (Å²) in [5, 5.41) is 8.68. The van der Waals surface area contributed by atoms with Crippen molar-refractivity contribution < 1.29 is 23.8 Å². The summed E-state index contributed by atoms with van der Waals surface area (Å²) < 4.78 is 18.2. The molecule has 1 N–H and O–H groups in total. The van der Waals surface area contributed by atoms with Crippen molar-refractivity contribution in [3.05, 3.63) is 59.9 Å². The zero-order chi connectivity index (χ0) is 19.4. The predicted molar refractivity (Wildman–Crippen MR) is 101 cm³/mol. The number of carbonyl (C=O) groups excluding carboxylic acids is 1. The highest BCUT2D eigenvalue weighted by atomic mass is 32.2. The molecule has 0 aromatic heterocycles. The number of aliphatic carboxylic acids is 1. The first-order chi connectivity index (χ1) is 13.0. The molecule has 1 fully saturated rings. The van der Waals surface area contributed by atoms with Crippen LogP contribution in [-0.4, -0.2) is 39.4 Å². The maximum atomic E-state index is 13.1. The molecule has 27 heavy (non-hydrogen) atoms. The molecule has 0 radical (unpaired) electrons. The number of rotatable bonds is 5. The zero-order valence-electron chi connectivity index (χ0n) is 14.5.